The van der Waals surface area contributed by atoms with Crippen LogP contribution in [0.2, 0.25) is 0 Å². The molecule has 2 saturated heterocycles. The third kappa shape index (κ3) is 24.5. The Kier molecular flexibility index (Phi) is 30.6. The number of methoxy groups -OCH3 is 2. The van der Waals surface area contributed by atoms with Crippen LogP contribution in [0.15, 0.2) is 33.7 Å². The zero-order valence-corrected chi connectivity index (χ0v) is 47.8. The van der Waals surface area contributed by atoms with Crippen molar-refractivity contribution in [2.45, 2.75) is 81.1 Å². The van der Waals surface area contributed by atoms with Crippen LogP contribution in [0.1, 0.15) is 20.3 Å². The number of hydrogen-bond acceptors (Lipinski definition) is 27. The van der Waals surface area contributed by atoms with Gasteiger partial charge in [-0.05, 0) is 12.2 Å². The molecule has 4 rings (SSSR count). The van der Waals surface area contributed by atoms with E-state index in [1.807, 2.05) is 0 Å². The van der Waals surface area contributed by atoms with E-state index >= 15 is 0 Å². The molecule has 0 aliphatic carbocycles. The van der Waals surface area contributed by atoms with Crippen LogP contribution >= 0.6 is 0 Å². The van der Waals surface area contributed by atoms with Gasteiger partial charge in [0.2, 0.25) is 29.2 Å². The van der Waals surface area contributed by atoms with Crippen LogP contribution in [0.5, 0.6) is 0 Å². The summed E-state index contributed by atoms with van der Waals surface area (Å²) in [5.41, 5.74) is 22.6. The van der Waals surface area contributed by atoms with E-state index in [1.54, 1.807) is 0 Å². The van der Waals surface area contributed by atoms with Crippen LogP contribution in [-0.2, 0) is 99.8 Å². The molecule has 4 aliphatic rings. The van der Waals surface area contributed by atoms with E-state index in [-0.39, 0.29) is 91.4 Å². The topological polar surface area (TPSA) is 481 Å². The molecule has 0 aromatic heterocycles. The fraction of sp³-hybridized carbons (Fsp3) is 0.660. The van der Waals surface area contributed by atoms with Crippen LogP contribution in [0, 0.1) is 12.3 Å². The van der Waals surface area contributed by atoms with Gasteiger partial charge in [0.25, 0.3) is 0 Å². The van der Waals surface area contributed by atoms with Crippen LogP contribution in [0.25, 0.3) is 0 Å². The number of rotatable bonds is 37. The first-order valence-corrected chi connectivity index (χ1v) is 26.6. The van der Waals surface area contributed by atoms with Gasteiger partial charge in [-0.2, -0.15) is 0 Å². The minimum Gasteiger partial charge on any atom is -0.477 e. The van der Waals surface area contributed by atoms with E-state index in [0.717, 1.165) is 14.2 Å². The molecule has 0 aromatic rings. The van der Waals surface area contributed by atoms with Crippen molar-refractivity contribution in [1.29, 1.82) is 0 Å². The normalized spacial score (nSPS) is 21.8. The maximum absolute atomic E-state index is 13.5. The maximum Gasteiger partial charge on any atom is 0.508 e. The van der Waals surface area contributed by atoms with Gasteiger partial charge in [0.05, 0.1) is 117 Å². The molecule has 86 heavy (non-hydrogen) atoms. The highest BCUT2D eigenvalue weighted by Gasteiger charge is 2.52. The highest BCUT2D eigenvalue weighted by Crippen LogP contribution is 2.31. The summed E-state index contributed by atoms with van der Waals surface area (Å²) in [6, 6.07) is -4.74. The second-order valence-electron chi connectivity index (χ2n) is 18.2. The molecule has 4 aliphatic heterocycles. The molecule has 0 saturated carbocycles. The summed E-state index contributed by atoms with van der Waals surface area (Å²) in [5.74, 6) is -2.79. The molecule has 2 fully saturated rings. The Hall–Kier alpha value is -8.63. The lowest BCUT2D eigenvalue weighted by atomic mass is 9.92. The molecular formula is C50H75N11O25. The number of nitrogens with two attached hydrogens (primary N) is 4. The van der Waals surface area contributed by atoms with E-state index in [4.69, 9.17) is 105 Å². The minimum absolute atomic E-state index is 0.0241. The third-order valence-electron chi connectivity index (χ3n) is 12.0. The summed E-state index contributed by atoms with van der Waals surface area (Å²) >= 11 is 0. The number of aliphatic imine (C=N–C) groups is 2. The van der Waals surface area contributed by atoms with Gasteiger partial charge in [-0.3, -0.25) is 14.4 Å². The van der Waals surface area contributed by atoms with Crippen molar-refractivity contribution < 1.29 is 119 Å². The zero-order chi connectivity index (χ0) is 63.0. The number of guanidine groups is 2. The first-order valence-electron chi connectivity index (χ1n) is 26.6. The molecular weight excluding hydrogens is 1150 g/mol. The average molecular weight is 1230 g/mol. The monoisotopic (exact) mass is 1230 g/mol. The van der Waals surface area contributed by atoms with Gasteiger partial charge in [0, 0.05) is 40.0 Å². The number of terminal acetylenes is 1. The van der Waals surface area contributed by atoms with Gasteiger partial charge in [-0.25, -0.2) is 38.8 Å². The average Bonchev–Trinajstić information content (AvgIpc) is 1.47. The van der Waals surface area contributed by atoms with Crippen molar-refractivity contribution in [1.82, 2.24) is 26.2 Å². The Labute approximate surface area is 493 Å². The van der Waals surface area contributed by atoms with Gasteiger partial charge in [0.1, 0.15) is 19.8 Å². The maximum atomic E-state index is 13.5. The van der Waals surface area contributed by atoms with Crippen LogP contribution in [-0.4, -0.2) is 265 Å². The number of esters is 2. The number of hydrogen-bond donors (Lipinski definition) is 8. The molecule has 480 valence electrons. The second kappa shape index (κ2) is 37.6. The van der Waals surface area contributed by atoms with Gasteiger partial charge in [-0.1, -0.05) is 5.92 Å². The first kappa shape index (κ1) is 69.9. The van der Waals surface area contributed by atoms with Crippen molar-refractivity contribution in [3.05, 3.63) is 23.7 Å². The fourth-order valence-corrected chi connectivity index (χ4v) is 8.31. The van der Waals surface area contributed by atoms with E-state index in [9.17, 15) is 43.2 Å². The number of nitrogens with zero attached hydrogens (tertiary/aromatic N) is 3. The third-order valence-corrected chi connectivity index (χ3v) is 12.0. The second-order valence-corrected chi connectivity index (χ2v) is 18.2. The SMILES string of the molecule is C#CCOCCOCCOCCOCCC(=O)N(CCOCCNC(=O)O[C@@H]([C@@H]1OC(C(=O)OC)=C[C@H](N=C(N)N)[C@H]1NC(C)=O)[C@H]1COC(=O)O1)CCOCCNC(=O)O[C@@H]([C@@H]1OC(C(=O)OC)=C[C@H](N=C(N)N)[C@H]1NC(C)=O)[C@H]1COC(=O)O1. The molecule has 0 spiro atoms. The predicted molar refractivity (Wildman–Crippen MR) is 288 cm³/mol. The van der Waals surface area contributed by atoms with Crippen molar-refractivity contribution in [3.63, 3.8) is 0 Å². The Morgan fingerprint density at radius 3 is 1.36 bits per heavy atom. The summed E-state index contributed by atoms with van der Waals surface area (Å²) in [6.45, 7) is 2.82. The molecule has 4 heterocycles. The number of nitrogens with one attached hydrogen (secondary N) is 4. The number of carbonyl (C=O) groups is 9. The minimum atomic E-state index is -1.56. The predicted octanol–water partition coefficient (Wildman–Crippen LogP) is -4.60. The van der Waals surface area contributed by atoms with Gasteiger partial charge >= 0.3 is 36.4 Å². The largest absolute Gasteiger partial charge is 0.508 e. The first-order chi connectivity index (χ1) is 41.2. The van der Waals surface area contributed by atoms with Crippen molar-refractivity contribution in [2.24, 2.45) is 32.9 Å². The summed E-state index contributed by atoms with van der Waals surface area (Å²) in [4.78, 5) is 124. The molecule has 0 radical (unpaired) electrons. The Morgan fingerprint density at radius 2 is 1.00 bits per heavy atom. The number of alkyl carbamates (subject to hydrolysis) is 2. The highest BCUT2D eigenvalue weighted by atomic mass is 16.8. The quantitative estimate of drug-likeness (QED) is 0.00725. The van der Waals surface area contributed by atoms with Crippen molar-refractivity contribution in [2.75, 3.05) is 133 Å². The molecule has 36 nitrogen and oxygen atoms in total. The number of carbonyl (C=O) groups excluding carboxylic acids is 9. The van der Waals surface area contributed by atoms with Crippen LogP contribution in [0.4, 0.5) is 19.2 Å². The molecule has 36 heteroatoms. The summed E-state index contributed by atoms with van der Waals surface area (Å²) in [7, 11) is 2.16. The summed E-state index contributed by atoms with van der Waals surface area (Å²) < 4.78 is 86.2. The lowest BCUT2D eigenvalue weighted by molar-refractivity contribution is -0.148. The molecule has 0 aromatic carbocycles. The van der Waals surface area contributed by atoms with Crippen molar-refractivity contribution >= 4 is 66.1 Å². The van der Waals surface area contributed by atoms with Gasteiger partial charge < -0.3 is 125 Å². The fourth-order valence-electron chi connectivity index (χ4n) is 8.31. The highest BCUT2D eigenvalue weighted by molar-refractivity contribution is 5.88. The Bertz CT molecular complexity index is 2310. The molecule has 0 bridgehead atoms. The lowest BCUT2D eigenvalue weighted by Crippen LogP contribution is -2.61. The molecule has 10 atom stereocenters. The number of amides is 5. The Morgan fingerprint density at radius 1 is 0.605 bits per heavy atom. The van der Waals surface area contributed by atoms with E-state index in [0.29, 0.717) is 26.4 Å². The number of cyclic esters (lactones) is 4. The molecule has 12 N–H and O–H groups in total. The van der Waals surface area contributed by atoms with Crippen LogP contribution in [0.3, 0.4) is 0 Å². The van der Waals surface area contributed by atoms with E-state index in [1.165, 1.54) is 30.9 Å². The van der Waals surface area contributed by atoms with Gasteiger partial charge in [-0.15, -0.1) is 6.42 Å². The smallest absolute Gasteiger partial charge is 0.477 e. The standard InChI is InChI=1S/C50H75N11O25/c1-6-12-73-18-20-77-22-23-78-21-19-74-13-7-36(64)61(10-16-75-14-8-55-47(67)85-39(34-26-79-49(69)83-34)41-37(57-28(2)62)30(59-45(51)52)24-32(81-41)43(65)71-4)11-17-76-15-9-56-48(68)86-40(35-27-80-50(70)84-35)42-38(58-29(3)63)31(60-46(53)54)25-33(82-42)44(66)72-5/h1,24-25,30-31,34-35,37-42H,7-23,26-27H2,2-5H3,(H,55,67)(H,56,68)(H,57,62)(H,58,63)(H4,51,52,59)(H4,53,54,60)/t30-,31-,34+,35+,37+,38+,39+,40+,41+,42+/m0/s1. The van der Waals surface area contributed by atoms with Crippen LogP contribution < -0.4 is 44.2 Å². The summed E-state index contributed by atoms with van der Waals surface area (Å²) in [5, 5.41) is 10.2. The Balaban J connectivity index is 1.34. The lowest BCUT2D eigenvalue weighted by Gasteiger charge is -2.39. The zero-order valence-electron chi connectivity index (χ0n) is 47.8. The van der Waals surface area contributed by atoms with Gasteiger partial charge in [0.15, 0.2) is 48.5 Å². The molecule has 0 unspecified atom stereocenters. The molecule has 5 amide bonds. The summed E-state index contributed by atoms with van der Waals surface area (Å²) in [6.07, 6.45) is -5.58. The number of ether oxygens (including phenoxy) is 16. The van der Waals surface area contributed by atoms with Crippen molar-refractivity contribution in [3.8, 4) is 12.3 Å². The van der Waals surface area contributed by atoms with E-state index in [2.05, 4.69) is 37.2 Å². The van der Waals surface area contributed by atoms with E-state index < -0.39 is 146 Å².